The average molecular weight is 471 g/mol. The lowest BCUT2D eigenvalue weighted by Gasteiger charge is -2.14. The molecule has 0 aromatic heterocycles. The molecule has 1 aliphatic heterocycles. The van der Waals surface area contributed by atoms with Crippen LogP contribution in [0.25, 0.3) is 6.08 Å². The number of nitrogens with one attached hydrogen (secondary N) is 1. The zero-order chi connectivity index (χ0) is 23.1. The molecule has 6 nitrogen and oxygen atoms in total. The molecular formula is C24H26N2O4S2. The van der Waals surface area contributed by atoms with E-state index in [0.717, 1.165) is 23.2 Å². The van der Waals surface area contributed by atoms with E-state index in [0.29, 0.717) is 40.1 Å². The molecule has 1 N–H and O–H groups in total. The van der Waals surface area contributed by atoms with Gasteiger partial charge in [-0.2, -0.15) is 0 Å². The number of ether oxygens (including phenoxy) is 2. The Labute approximate surface area is 198 Å². The topological polar surface area (TPSA) is 67.9 Å². The van der Waals surface area contributed by atoms with Crippen molar-refractivity contribution in [3.05, 3.63) is 58.5 Å². The molecule has 0 radical (unpaired) electrons. The minimum absolute atomic E-state index is 0.0720. The summed E-state index contributed by atoms with van der Waals surface area (Å²) in [6.07, 6.45) is 3.47. The minimum Gasteiger partial charge on any atom is -0.493 e. The van der Waals surface area contributed by atoms with Gasteiger partial charge in [0.05, 0.1) is 19.1 Å². The van der Waals surface area contributed by atoms with E-state index in [-0.39, 0.29) is 11.8 Å². The van der Waals surface area contributed by atoms with Crippen molar-refractivity contribution in [3.63, 3.8) is 0 Å². The molecule has 1 saturated heterocycles. The lowest BCUT2D eigenvalue weighted by Crippen LogP contribution is -2.29. The molecule has 3 rings (SSSR count). The number of amides is 2. The molecule has 0 saturated carbocycles. The second-order valence-electron chi connectivity index (χ2n) is 7.11. The second kappa shape index (κ2) is 11.2. The van der Waals surface area contributed by atoms with Gasteiger partial charge < -0.3 is 14.8 Å². The van der Waals surface area contributed by atoms with Gasteiger partial charge in [-0.1, -0.05) is 55.2 Å². The summed E-state index contributed by atoms with van der Waals surface area (Å²) in [6.45, 7) is 2.45. The molecule has 1 aliphatic rings. The molecule has 0 spiro atoms. The maximum Gasteiger partial charge on any atom is 0.266 e. The van der Waals surface area contributed by atoms with E-state index < -0.39 is 0 Å². The fourth-order valence-electron chi connectivity index (χ4n) is 3.35. The Morgan fingerprint density at radius 3 is 2.62 bits per heavy atom. The van der Waals surface area contributed by atoms with Crippen LogP contribution in [0.15, 0.2) is 47.4 Å². The summed E-state index contributed by atoms with van der Waals surface area (Å²) < 4.78 is 11.1. The summed E-state index contributed by atoms with van der Waals surface area (Å²) in [5.41, 5.74) is 2.75. The zero-order valence-corrected chi connectivity index (χ0v) is 20.0. The largest absolute Gasteiger partial charge is 0.493 e. The van der Waals surface area contributed by atoms with Gasteiger partial charge in [0.25, 0.3) is 5.91 Å². The Hall–Kier alpha value is -2.84. The molecule has 2 aromatic carbocycles. The fourth-order valence-corrected chi connectivity index (χ4v) is 4.66. The highest BCUT2D eigenvalue weighted by Crippen LogP contribution is 2.34. The van der Waals surface area contributed by atoms with Crippen molar-refractivity contribution >= 4 is 51.9 Å². The van der Waals surface area contributed by atoms with Gasteiger partial charge in [0.1, 0.15) is 4.32 Å². The lowest BCUT2D eigenvalue weighted by molar-refractivity contribution is -0.122. The van der Waals surface area contributed by atoms with Gasteiger partial charge in [-0.15, -0.1) is 0 Å². The smallest absolute Gasteiger partial charge is 0.266 e. The number of thioether (sulfide) groups is 1. The van der Waals surface area contributed by atoms with E-state index in [2.05, 4.69) is 12.2 Å². The Kier molecular flexibility index (Phi) is 8.30. The van der Waals surface area contributed by atoms with Crippen LogP contribution in [0.2, 0.25) is 0 Å². The lowest BCUT2D eigenvalue weighted by atomic mass is 10.1. The first-order chi connectivity index (χ1) is 15.5. The predicted octanol–water partition coefficient (Wildman–Crippen LogP) is 4.89. The number of nitrogens with zero attached hydrogens (tertiary/aromatic N) is 1. The van der Waals surface area contributed by atoms with Crippen molar-refractivity contribution in [1.29, 1.82) is 0 Å². The number of carbonyl (C=O) groups excluding carboxylic acids is 2. The highest BCUT2D eigenvalue weighted by Gasteiger charge is 2.31. The summed E-state index contributed by atoms with van der Waals surface area (Å²) in [5, 5.41) is 2.96. The molecule has 2 aromatic rings. The normalized spacial score (nSPS) is 14.7. The molecule has 8 heteroatoms. The van der Waals surface area contributed by atoms with Gasteiger partial charge in [0, 0.05) is 18.7 Å². The highest BCUT2D eigenvalue weighted by molar-refractivity contribution is 8.26. The van der Waals surface area contributed by atoms with Crippen LogP contribution in [0.3, 0.4) is 0 Å². The number of methoxy groups -OCH3 is 2. The number of rotatable bonds is 9. The number of hydrogen-bond acceptors (Lipinski definition) is 6. The van der Waals surface area contributed by atoms with Crippen molar-refractivity contribution in [2.24, 2.45) is 0 Å². The molecule has 32 heavy (non-hydrogen) atoms. The molecular weight excluding hydrogens is 444 g/mol. The quantitative estimate of drug-likeness (QED) is 0.416. The van der Waals surface area contributed by atoms with Gasteiger partial charge in [-0.25, -0.2) is 0 Å². The summed E-state index contributed by atoms with van der Waals surface area (Å²) >= 11 is 6.66. The Balaban J connectivity index is 1.58. The Bertz CT molecular complexity index is 1050. The molecule has 0 atom stereocenters. The van der Waals surface area contributed by atoms with E-state index in [1.54, 1.807) is 31.3 Å². The maximum atomic E-state index is 12.8. The van der Waals surface area contributed by atoms with Gasteiger partial charge in [0.15, 0.2) is 11.5 Å². The first-order valence-corrected chi connectivity index (χ1v) is 11.5. The molecule has 1 heterocycles. The summed E-state index contributed by atoms with van der Waals surface area (Å²) in [7, 11) is 3.14. The zero-order valence-electron chi connectivity index (χ0n) is 18.3. The SMILES string of the molecule is CCc1ccccc1NC(=O)CCCN1C(=O)C(=Cc2ccc(OC)c(OC)c2)SC1=S. The molecule has 2 amide bonds. The van der Waals surface area contributed by atoms with Crippen LogP contribution in [-0.4, -0.2) is 41.8 Å². The van der Waals surface area contributed by atoms with E-state index in [9.17, 15) is 9.59 Å². The molecule has 0 bridgehead atoms. The monoisotopic (exact) mass is 470 g/mol. The van der Waals surface area contributed by atoms with Crippen LogP contribution >= 0.6 is 24.0 Å². The number of benzene rings is 2. The van der Waals surface area contributed by atoms with Crippen molar-refractivity contribution in [1.82, 2.24) is 4.90 Å². The maximum absolute atomic E-state index is 12.8. The molecule has 0 aliphatic carbocycles. The highest BCUT2D eigenvalue weighted by atomic mass is 32.2. The van der Waals surface area contributed by atoms with Gasteiger partial charge in [0.2, 0.25) is 5.91 Å². The Morgan fingerprint density at radius 1 is 1.16 bits per heavy atom. The van der Waals surface area contributed by atoms with Crippen molar-refractivity contribution in [3.8, 4) is 11.5 Å². The number of carbonyl (C=O) groups is 2. The number of para-hydroxylation sites is 1. The Morgan fingerprint density at radius 2 is 1.91 bits per heavy atom. The van der Waals surface area contributed by atoms with Crippen LogP contribution in [0.1, 0.15) is 30.9 Å². The molecule has 0 unspecified atom stereocenters. The van der Waals surface area contributed by atoms with Gasteiger partial charge in [-0.05, 0) is 48.2 Å². The van der Waals surface area contributed by atoms with E-state index in [1.165, 1.54) is 11.8 Å². The summed E-state index contributed by atoms with van der Waals surface area (Å²) in [5.74, 6) is 0.994. The van der Waals surface area contributed by atoms with Crippen LogP contribution in [-0.2, 0) is 16.0 Å². The third-order valence-electron chi connectivity index (χ3n) is 5.04. The molecule has 1 fully saturated rings. The summed E-state index contributed by atoms with van der Waals surface area (Å²) in [4.78, 5) is 27.3. The summed E-state index contributed by atoms with van der Waals surface area (Å²) in [6, 6.07) is 13.2. The molecule has 168 valence electrons. The minimum atomic E-state index is -0.147. The number of hydrogen-bond donors (Lipinski definition) is 1. The van der Waals surface area contributed by atoms with E-state index in [4.69, 9.17) is 21.7 Å². The number of anilines is 1. The van der Waals surface area contributed by atoms with E-state index >= 15 is 0 Å². The van der Waals surface area contributed by atoms with E-state index in [1.807, 2.05) is 36.4 Å². The predicted molar refractivity (Wildman–Crippen MR) is 133 cm³/mol. The van der Waals surface area contributed by atoms with Crippen LogP contribution in [0.5, 0.6) is 11.5 Å². The van der Waals surface area contributed by atoms with Gasteiger partial charge >= 0.3 is 0 Å². The van der Waals surface area contributed by atoms with Crippen molar-refractivity contribution in [2.75, 3.05) is 26.1 Å². The number of aryl methyl sites for hydroxylation is 1. The third-order valence-corrected chi connectivity index (χ3v) is 6.41. The fraction of sp³-hybridized carbons (Fsp3) is 0.292. The third kappa shape index (κ3) is 5.69. The van der Waals surface area contributed by atoms with Crippen LogP contribution in [0, 0.1) is 0 Å². The van der Waals surface area contributed by atoms with Crippen molar-refractivity contribution < 1.29 is 19.1 Å². The number of thiocarbonyl (C=S) groups is 1. The van der Waals surface area contributed by atoms with Gasteiger partial charge in [-0.3, -0.25) is 14.5 Å². The van der Waals surface area contributed by atoms with Crippen LogP contribution < -0.4 is 14.8 Å². The van der Waals surface area contributed by atoms with Crippen molar-refractivity contribution in [2.45, 2.75) is 26.2 Å². The van der Waals surface area contributed by atoms with Crippen LogP contribution in [0.4, 0.5) is 5.69 Å². The average Bonchev–Trinajstić information content (AvgIpc) is 3.06. The standard InChI is InChI=1S/C24H26N2O4S2/c1-4-17-8-5-6-9-18(17)25-22(27)10-7-13-26-23(28)21(32-24(26)31)15-16-11-12-19(29-2)20(14-16)30-3/h5-6,8-9,11-12,14-15H,4,7,10,13H2,1-3H3,(H,25,27). The first kappa shape index (κ1) is 23.8. The first-order valence-electron chi connectivity index (χ1n) is 10.3. The second-order valence-corrected chi connectivity index (χ2v) is 8.79.